The Morgan fingerprint density at radius 3 is 2.69 bits per heavy atom. The van der Waals surface area contributed by atoms with E-state index in [4.69, 9.17) is 0 Å². The lowest BCUT2D eigenvalue weighted by atomic mass is 9.89. The molecule has 0 aliphatic carbocycles. The average molecular weight is 351 g/mol. The number of carbonyl (C=O) groups is 2. The molecular weight excluding hydrogens is 326 g/mol. The van der Waals surface area contributed by atoms with Gasteiger partial charge in [0.15, 0.2) is 0 Å². The number of amides is 3. The number of anilines is 1. The second-order valence-corrected chi connectivity index (χ2v) is 6.73. The van der Waals surface area contributed by atoms with E-state index < -0.39 is 0 Å². The minimum atomic E-state index is -0.111. The van der Waals surface area contributed by atoms with Gasteiger partial charge in [0.2, 0.25) is 0 Å². The number of likely N-dealkylation sites (tertiary alicyclic amines) is 1. The van der Waals surface area contributed by atoms with Crippen molar-refractivity contribution in [3.63, 3.8) is 0 Å². The summed E-state index contributed by atoms with van der Waals surface area (Å²) in [5, 5.41) is 5.67. The van der Waals surface area contributed by atoms with Gasteiger partial charge < -0.3 is 15.5 Å². The van der Waals surface area contributed by atoms with Crippen molar-refractivity contribution in [2.45, 2.75) is 25.7 Å². The Balaban J connectivity index is 1.74. The van der Waals surface area contributed by atoms with Crippen LogP contribution in [0.5, 0.6) is 0 Å². The van der Waals surface area contributed by atoms with Crippen molar-refractivity contribution < 1.29 is 9.59 Å². The maximum Gasteiger partial charge on any atom is 0.317 e. The molecule has 1 heterocycles. The molecule has 0 aromatic heterocycles. The summed E-state index contributed by atoms with van der Waals surface area (Å²) in [6, 6.07) is 15.4. The minimum Gasteiger partial charge on any atom is -0.341 e. The predicted octanol–water partition coefficient (Wildman–Crippen LogP) is 3.77. The van der Waals surface area contributed by atoms with Gasteiger partial charge in [-0.25, -0.2) is 4.79 Å². The zero-order valence-electron chi connectivity index (χ0n) is 15.3. The van der Waals surface area contributed by atoms with Gasteiger partial charge in [-0.05, 0) is 49.1 Å². The van der Waals surface area contributed by atoms with Crippen LogP contribution in [-0.4, -0.2) is 37.0 Å². The van der Waals surface area contributed by atoms with Crippen molar-refractivity contribution in [2.24, 2.45) is 0 Å². The lowest BCUT2D eigenvalue weighted by Gasteiger charge is -2.32. The van der Waals surface area contributed by atoms with Gasteiger partial charge in [0.1, 0.15) is 0 Å². The molecule has 1 saturated heterocycles. The van der Waals surface area contributed by atoms with E-state index >= 15 is 0 Å². The molecule has 1 fully saturated rings. The molecule has 0 bridgehead atoms. The third-order valence-corrected chi connectivity index (χ3v) is 4.94. The van der Waals surface area contributed by atoms with Crippen molar-refractivity contribution in [3.05, 3.63) is 65.2 Å². The molecule has 5 nitrogen and oxygen atoms in total. The number of hydrogen-bond donors (Lipinski definition) is 2. The lowest BCUT2D eigenvalue weighted by Crippen LogP contribution is -2.43. The summed E-state index contributed by atoms with van der Waals surface area (Å²) in [4.78, 5) is 26.4. The van der Waals surface area contributed by atoms with Crippen LogP contribution in [-0.2, 0) is 0 Å². The van der Waals surface area contributed by atoms with Crippen LogP contribution >= 0.6 is 0 Å². The Morgan fingerprint density at radius 1 is 1.12 bits per heavy atom. The van der Waals surface area contributed by atoms with Crippen LogP contribution in [0, 0.1) is 6.92 Å². The molecule has 3 amide bonds. The molecule has 1 aliphatic rings. The summed E-state index contributed by atoms with van der Waals surface area (Å²) in [6.07, 6.45) is 1.99. The molecule has 2 aromatic carbocycles. The van der Waals surface area contributed by atoms with E-state index in [1.807, 2.05) is 60.4 Å². The van der Waals surface area contributed by atoms with E-state index in [1.54, 1.807) is 7.05 Å². The zero-order valence-corrected chi connectivity index (χ0v) is 15.3. The van der Waals surface area contributed by atoms with E-state index in [0.29, 0.717) is 12.1 Å². The van der Waals surface area contributed by atoms with Gasteiger partial charge in [-0.1, -0.05) is 30.3 Å². The highest BCUT2D eigenvalue weighted by molar-refractivity contribution is 6.04. The molecule has 2 aromatic rings. The summed E-state index contributed by atoms with van der Waals surface area (Å²) in [5.74, 6) is 0.146. The van der Waals surface area contributed by atoms with Crippen LogP contribution in [0.15, 0.2) is 48.5 Å². The number of benzene rings is 2. The molecule has 1 aliphatic heterocycles. The second-order valence-electron chi connectivity index (χ2n) is 6.73. The fourth-order valence-corrected chi connectivity index (χ4v) is 3.43. The van der Waals surface area contributed by atoms with Crippen molar-refractivity contribution in [2.75, 3.05) is 25.5 Å². The van der Waals surface area contributed by atoms with Crippen LogP contribution in [0.3, 0.4) is 0 Å². The maximum atomic E-state index is 12.6. The van der Waals surface area contributed by atoms with Gasteiger partial charge in [-0.3, -0.25) is 4.79 Å². The number of piperidine rings is 1. The number of para-hydroxylation sites is 1. The fourth-order valence-electron chi connectivity index (χ4n) is 3.43. The van der Waals surface area contributed by atoms with E-state index in [9.17, 15) is 9.59 Å². The van der Waals surface area contributed by atoms with E-state index in [-0.39, 0.29) is 17.9 Å². The van der Waals surface area contributed by atoms with Crippen LogP contribution in [0.4, 0.5) is 10.5 Å². The molecule has 0 spiro atoms. The predicted molar refractivity (Wildman–Crippen MR) is 104 cm³/mol. The van der Waals surface area contributed by atoms with Gasteiger partial charge in [0, 0.05) is 37.3 Å². The van der Waals surface area contributed by atoms with E-state index in [1.165, 1.54) is 0 Å². The standard InChI is InChI=1S/C21H25N3O2/c1-15-7-3-4-11-19(15)23-20(25)17-9-5-8-16(13-17)18-10-6-12-24(14-18)21(26)22-2/h3-5,7-9,11,13,18H,6,10,12,14H2,1-2H3,(H,22,26)(H,23,25). The molecule has 3 rings (SSSR count). The summed E-state index contributed by atoms with van der Waals surface area (Å²) in [7, 11) is 1.66. The van der Waals surface area contributed by atoms with Gasteiger partial charge in [-0.2, -0.15) is 0 Å². The van der Waals surface area contributed by atoms with Crippen molar-refractivity contribution in [1.82, 2.24) is 10.2 Å². The SMILES string of the molecule is CNC(=O)N1CCCC(c2cccc(C(=O)Nc3ccccc3C)c2)C1. The van der Waals surface area contributed by atoms with Crippen LogP contribution in [0.2, 0.25) is 0 Å². The summed E-state index contributed by atoms with van der Waals surface area (Å²) in [6.45, 7) is 3.44. The monoisotopic (exact) mass is 351 g/mol. The molecule has 1 atom stereocenters. The molecule has 2 N–H and O–H groups in total. The normalized spacial score (nSPS) is 16.8. The largest absolute Gasteiger partial charge is 0.341 e. The average Bonchev–Trinajstić information content (AvgIpc) is 2.69. The maximum absolute atomic E-state index is 12.6. The summed E-state index contributed by atoms with van der Waals surface area (Å²) >= 11 is 0. The lowest BCUT2D eigenvalue weighted by molar-refractivity contribution is 0.102. The number of nitrogens with one attached hydrogen (secondary N) is 2. The number of nitrogens with zero attached hydrogens (tertiary/aromatic N) is 1. The first-order chi connectivity index (χ1) is 12.6. The third-order valence-electron chi connectivity index (χ3n) is 4.94. The quantitative estimate of drug-likeness (QED) is 0.884. The Labute approximate surface area is 154 Å². The number of aryl methyl sites for hydroxylation is 1. The third kappa shape index (κ3) is 4.04. The molecule has 1 unspecified atom stereocenters. The van der Waals surface area contributed by atoms with E-state index in [0.717, 1.165) is 36.2 Å². The molecule has 0 radical (unpaired) electrons. The van der Waals surface area contributed by atoms with Crippen molar-refractivity contribution in [1.29, 1.82) is 0 Å². The molecule has 0 saturated carbocycles. The van der Waals surface area contributed by atoms with E-state index in [2.05, 4.69) is 10.6 Å². The molecule has 136 valence electrons. The summed E-state index contributed by atoms with van der Waals surface area (Å²) in [5.41, 5.74) is 3.61. The second kappa shape index (κ2) is 8.04. The Morgan fingerprint density at radius 2 is 1.92 bits per heavy atom. The Hall–Kier alpha value is -2.82. The smallest absolute Gasteiger partial charge is 0.317 e. The van der Waals surface area contributed by atoms with Crippen LogP contribution in [0.25, 0.3) is 0 Å². The van der Waals surface area contributed by atoms with Gasteiger partial charge in [-0.15, -0.1) is 0 Å². The Bertz CT molecular complexity index is 803. The minimum absolute atomic E-state index is 0.0387. The van der Waals surface area contributed by atoms with Crippen LogP contribution in [0.1, 0.15) is 40.2 Å². The fraction of sp³-hybridized carbons (Fsp3) is 0.333. The zero-order chi connectivity index (χ0) is 18.5. The van der Waals surface area contributed by atoms with Crippen molar-refractivity contribution >= 4 is 17.6 Å². The van der Waals surface area contributed by atoms with Gasteiger partial charge in [0.05, 0.1) is 0 Å². The van der Waals surface area contributed by atoms with Gasteiger partial charge >= 0.3 is 6.03 Å². The summed E-state index contributed by atoms with van der Waals surface area (Å²) < 4.78 is 0. The van der Waals surface area contributed by atoms with Crippen molar-refractivity contribution in [3.8, 4) is 0 Å². The first-order valence-electron chi connectivity index (χ1n) is 9.02. The molecule has 5 heteroatoms. The number of rotatable bonds is 3. The highest BCUT2D eigenvalue weighted by atomic mass is 16.2. The number of urea groups is 1. The van der Waals surface area contributed by atoms with Gasteiger partial charge in [0.25, 0.3) is 5.91 Å². The number of carbonyl (C=O) groups excluding carboxylic acids is 2. The molecule has 26 heavy (non-hydrogen) atoms. The molecular formula is C21H25N3O2. The highest BCUT2D eigenvalue weighted by Gasteiger charge is 2.24. The Kier molecular flexibility index (Phi) is 5.56. The first kappa shape index (κ1) is 18.0. The highest BCUT2D eigenvalue weighted by Crippen LogP contribution is 2.27. The number of hydrogen-bond acceptors (Lipinski definition) is 2. The van der Waals surface area contributed by atoms with Crippen LogP contribution < -0.4 is 10.6 Å². The topological polar surface area (TPSA) is 61.4 Å². The first-order valence-corrected chi connectivity index (χ1v) is 9.02.